The molecule has 1 fully saturated rings. The quantitative estimate of drug-likeness (QED) is 0.773. The van der Waals surface area contributed by atoms with E-state index in [4.69, 9.17) is 11.6 Å². The largest absolute Gasteiger partial charge is 0.344 e. The Hall–Kier alpha value is -1.25. The Labute approximate surface area is 157 Å². The minimum absolute atomic E-state index is 0.0190. The van der Waals surface area contributed by atoms with E-state index in [1.54, 1.807) is 13.0 Å². The summed E-state index contributed by atoms with van der Waals surface area (Å²) in [6.45, 7) is 1.99. The van der Waals surface area contributed by atoms with Gasteiger partial charge in [0.15, 0.2) is 9.84 Å². The molecule has 1 heterocycles. The van der Waals surface area contributed by atoms with E-state index in [2.05, 4.69) is 5.32 Å². The van der Waals surface area contributed by atoms with Gasteiger partial charge in [-0.05, 0) is 24.6 Å². The Morgan fingerprint density at radius 3 is 2.64 bits per heavy atom. The van der Waals surface area contributed by atoms with Crippen molar-refractivity contribution >= 4 is 45.0 Å². The number of amides is 2. The lowest BCUT2D eigenvalue weighted by Crippen LogP contribution is -2.52. The van der Waals surface area contributed by atoms with E-state index in [0.717, 1.165) is 5.56 Å². The summed E-state index contributed by atoms with van der Waals surface area (Å²) in [5, 5.41) is 3.33. The molecule has 1 aromatic carbocycles. The van der Waals surface area contributed by atoms with Gasteiger partial charge in [-0.25, -0.2) is 8.42 Å². The standard InChI is InChI=1S/C16H21ClN2O4S2/c1-12(16(21)19-5-7-25(22,23)8-6-19)18-15(20)11-24-10-13-3-2-4-14(17)9-13/h2-4,9,12H,5-8,10-11H2,1H3,(H,18,20). The van der Waals surface area contributed by atoms with E-state index in [1.807, 2.05) is 18.2 Å². The highest BCUT2D eigenvalue weighted by atomic mass is 35.5. The van der Waals surface area contributed by atoms with Crippen LogP contribution in [0.3, 0.4) is 0 Å². The third-order valence-corrected chi connectivity index (χ3v) is 6.64. The molecule has 9 heteroatoms. The SMILES string of the molecule is CC(NC(=O)CSCc1cccc(Cl)c1)C(=O)N1CCS(=O)(=O)CC1. The van der Waals surface area contributed by atoms with Gasteiger partial charge in [-0.3, -0.25) is 9.59 Å². The molecule has 25 heavy (non-hydrogen) atoms. The summed E-state index contributed by atoms with van der Waals surface area (Å²) in [6.07, 6.45) is 0. The topological polar surface area (TPSA) is 83.6 Å². The van der Waals surface area contributed by atoms with Gasteiger partial charge in [-0.1, -0.05) is 23.7 Å². The molecule has 1 unspecified atom stereocenters. The second-order valence-electron chi connectivity index (χ2n) is 5.89. The first-order chi connectivity index (χ1) is 11.8. The van der Waals surface area contributed by atoms with Gasteiger partial charge in [0, 0.05) is 23.9 Å². The van der Waals surface area contributed by atoms with Gasteiger partial charge in [-0.2, -0.15) is 0 Å². The molecule has 1 aliphatic rings. The zero-order valence-corrected chi connectivity index (χ0v) is 16.3. The molecule has 1 atom stereocenters. The van der Waals surface area contributed by atoms with Crippen molar-refractivity contribution in [1.82, 2.24) is 10.2 Å². The highest BCUT2D eigenvalue weighted by molar-refractivity contribution is 7.99. The summed E-state index contributed by atoms with van der Waals surface area (Å²) >= 11 is 7.35. The average Bonchev–Trinajstić information content (AvgIpc) is 2.54. The van der Waals surface area contributed by atoms with Crippen LogP contribution >= 0.6 is 23.4 Å². The monoisotopic (exact) mass is 404 g/mol. The molecule has 6 nitrogen and oxygen atoms in total. The Morgan fingerprint density at radius 1 is 1.32 bits per heavy atom. The molecule has 0 aromatic heterocycles. The predicted octanol–water partition coefficient (Wildman–Crippen LogP) is 1.33. The van der Waals surface area contributed by atoms with Crippen LogP contribution < -0.4 is 5.32 Å². The highest BCUT2D eigenvalue weighted by Gasteiger charge is 2.28. The highest BCUT2D eigenvalue weighted by Crippen LogP contribution is 2.16. The molecule has 0 bridgehead atoms. The van der Waals surface area contributed by atoms with Crippen LogP contribution in [0.25, 0.3) is 0 Å². The fraction of sp³-hybridized carbons (Fsp3) is 0.500. The fourth-order valence-corrected chi connectivity index (χ4v) is 4.64. The molecule has 2 amide bonds. The summed E-state index contributed by atoms with van der Waals surface area (Å²) in [6, 6.07) is 6.77. The minimum Gasteiger partial charge on any atom is -0.344 e. The number of benzene rings is 1. The van der Waals surface area contributed by atoms with Gasteiger partial charge in [0.25, 0.3) is 0 Å². The number of thioether (sulfide) groups is 1. The Morgan fingerprint density at radius 2 is 2.00 bits per heavy atom. The fourth-order valence-electron chi connectivity index (χ4n) is 2.44. The van der Waals surface area contributed by atoms with Crippen molar-refractivity contribution in [3.8, 4) is 0 Å². The summed E-state index contributed by atoms with van der Waals surface area (Å²) in [5.41, 5.74) is 1.03. The van der Waals surface area contributed by atoms with E-state index < -0.39 is 15.9 Å². The normalized spacial score (nSPS) is 17.8. The van der Waals surface area contributed by atoms with Gasteiger partial charge in [0.05, 0.1) is 17.3 Å². The van der Waals surface area contributed by atoms with E-state index in [-0.39, 0.29) is 42.2 Å². The lowest BCUT2D eigenvalue weighted by Gasteiger charge is -2.29. The van der Waals surface area contributed by atoms with Crippen LogP contribution in [-0.2, 0) is 25.2 Å². The molecule has 0 saturated carbocycles. The van der Waals surface area contributed by atoms with Crippen LogP contribution in [0.1, 0.15) is 12.5 Å². The number of sulfone groups is 1. The lowest BCUT2D eigenvalue weighted by atomic mass is 10.2. The third kappa shape index (κ3) is 6.52. The number of carbonyl (C=O) groups is 2. The van der Waals surface area contributed by atoms with Crippen molar-refractivity contribution in [2.75, 3.05) is 30.3 Å². The van der Waals surface area contributed by atoms with Crippen LogP contribution in [0.4, 0.5) is 0 Å². The van der Waals surface area contributed by atoms with Gasteiger partial charge >= 0.3 is 0 Å². The molecular formula is C16H21ClN2O4S2. The number of nitrogens with zero attached hydrogens (tertiary/aromatic N) is 1. The Kier molecular flexibility index (Phi) is 7.15. The second-order valence-corrected chi connectivity index (χ2v) is 9.61. The zero-order chi connectivity index (χ0) is 18.4. The Bertz CT molecular complexity index is 725. The number of halogens is 1. The number of hydrogen-bond donors (Lipinski definition) is 1. The molecule has 138 valence electrons. The molecule has 0 spiro atoms. The number of nitrogens with one attached hydrogen (secondary N) is 1. The summed E-state index contributed by atoms with van der Waals surface area (Å²) in [5.74, 6) is 0.378. The molecule has 2 rings (SSSR count). The summed E-state index contributed by atoms with van der Waals surface area (Å²) < 4.78 is 22.8. The van der Waals surface area contributed by atoms with E-state index in [1.165, 1.54) is 16.7 Å². The second kappa shape index (κ2) is 8.91. The van der Waals surface area contributed by atoms with Gasteiger partial charge in [0.1, 0.15) is 6.04 Å². The van der Waals surface area contributed by atoms with Crippen molar-refractivity contribution in [2.24, 2.45) is 0 Å². The van der Waals surface area contributed by atoms with Gasteiger partial charge in [0.2, 0.25) is 11.8 Å². The van der Waals surface area contributed by atoms with E-state index >= 15 is 0 Å². The maximum Gasteiger partial charge on any atom is 0.244 e. The smallest absolute Gasteiger partial charge is 0.244 e. The Balaban J connectivity index is 1.73. The van der Waals surface area contributed by atoms with Gasteiger partial charge < -0.3 is 10.2 Å². The van der Waals surface area contributed by atoms with E-state index in [0.29, 0.717) is 10.8 Å². The predicted molar refractivity (Wildman–Crippen MR) is 100 cm³/mol. The van der Waals surface area contributed by atoms with Crippen molar-refractivity contribution in [1.29, 1.82) is 0 Å². The molecule has 1 saturated heterocycles. The van der Waals surface area contributed by atoms with Crippen LogP contribution in [-0.4, -0.2) is 61.5 Å². The van der Waals surface area contributed by atoms with Crippen LogP contribution in [0, 0.1) is 0 Å². The van der Waals surface area contributed by atoms with Crippen LogP contribution in [0.5, 0.6) is 0 Å². The van der Waals surface area contributed by atoms with Crippen molar-refractivity contribution < 1.29 is 18.0 Å². The van der Waals surface area contributed by atoms with Crippen molar-refractivity contribution in [3.63, 3.8) is 0 Å². The first-order valence-corrected chi connectivity index (χ1v) is 11.2. The van der Waals surface area contributed by atoms with Crippen LogP contribution in [0.2, 0.25) is 5.02 Å². The molecule has 1 aliphatic heterocycles. The molecular weight excluding hydrogens is 384 g/mol. The summed E-state index contributed by atoms with van der Waals surface area (Å²) in [7, 11) is -3.03. The molecule has 0 aliphatic carbocycles. The number of hydrogen-bond acceptors (Lipinski definition) is 5. The molecule has 1 aromatic rings. The minimum atomic E-state index is -3.03. The maximum absolute atomic E-state index is 12.3. The maximum atomic E-state index is 12.3. The third-order valence-electron chi connectivity index (χ3n) is 3.79. The first kappa shape index (κ1) is 20.1. The summed E-state index contributed by atoms with van der Waals surface area (Å²) in [4.78, 5) is 25.7. The first-order valence-electron chi connectivity index (χ1n) is 7.87. The zero-order valence-electron chi connectivity index (χ0n) is 13.9. The van der Waals surface area contributed by atoms with Crippen LogP contribution in [0.15, 0.2) is 24.3 Å². The number of rotatable bonds is 6. The average molecular weight is 405 g/mol. The van der Waals surface area contributed by atoms with Crippen molar-refractivity contribution in [3.05, 3.63) is 34.9 Å². The van der Waals surface area contributed by atoms with Crippen molar-refractivity contribution in [2.45, 2.75) is 18.7 Å². The van der Waals surface area contributed by atoms with E-state index in [9.17, 15) is 18.0 Å². The molecule has 0 radical (unpaired) electrons. The molecule has 1 N–H and O–H groups in total. The lowest BCUT2D eigenvalue weighted by molar-refractivity contribution is -0.135. The number of carbonyl (C=O) groups excluding carboxylic acids is 2. The van der Waals surface area contributed by atoms with Gasteiger partial charge in [-0.15, -0.1) is 11.8 Å².